The Balaban J connectivity index is 1.55. The standard InChI is InChI=1S/C16H29N/c1-15(2)14(16(15,3)4)17-13-7-5-6-12(10-13)11-8-9-11/h11-14,17H,5-10H2,1-4H3. The Hall–Kier alpha value is -0.0400. The Bertz CT molecular complexity index is 287. The van der Waals surface area contributed by atoms with E-state index in [1.165, 1.54) is 38.5 Å². The van der Waals surface area contributed by atoms with Crippen LogP contribution in [0.5, 0.6) is 0 Å². The molecular formula is C16H29N. The molecule has 0 radical (unpaired) electrons. The molecular weight excluding hydrogens is 206 g/mol. The molecule has 2 unspecified atom stereocenters. The minimum absolute atomic E-state index is 0.500. The summed E-state index contributed by atoms with van der Waals surface area (Å²) in [5.74, 6) is 2.17. The highest BCUT2D eigenvalue weighted by atomic mass is 15.1. The monoisotopic (exact) mass is 235 g/mol. The predicted molar refractivity (Wildman–Crippen MR) is 73.0 cm³/mol. The van der Waals surface area contributed by atoms with Crippen molar-refractivity contribution in [1.82, 2.24) is 5.32 Å². The summed E-state index contributed by atoms with van der Waals surface area (Å²) in [6, 6.07) is 1.57. The van der Waals surface area contributed by atoms with E-state index in [0.29, 0.717) is 10.8 Å². The average Bonchev–Trinajstić information content (AvgIpc) is 3.15. The number of nitrogens with one attached hydrogen (secondary N) is 1. The van der Waals surface area contributed by atoms with Crippen LogP contribution in [0.25, 0.3) is 0 Å². The van der Waals surface area contributed by atoms with Gasteiger partial charge in [0.15, 0.2) is 0 Å². The normalized spacial score (nSPS) is 40.2. The van der Waals surface area contributed by atoms with Crippen LogP contribution in [0.2, 0.25) is 0 Å². The summed E-state index contributed by atoms with van der Waals surface area (Å²) in [5, 5.41) is 3.99. The maximum atomic E-state index is 3.99. The fraction of sp³-hybridized carbons (Fsp3) is 1.00. The van der Waals surface area contributed by atoms with Gasteiger partial charge in [0.2, 0.25) is 0 Å². The van der Waals surface area contributed by atoms with Crippen LogP contribution in [0.3, 0.4) is 0 Å². The Kier molecular flexibility index (Phi) is 2.63. The Morgan fingerprint density at radius 3 is 2.00 bits per heavy atom. The SMILES string of the molecule is CC1(C)C(NC2CCCC(C3CC3)C2)C1(C)C. The fourth-order valence-corrected chi connectivity index (χ4v) is 4.22. The van der Waals surface area contributed by atoms with E-state index in [1.54, 1.807) is 0 Å². The molecule has 1 N–H and O–H groups in total. The molecule has 0 spiro atoms. The minimum atomic E-state index is 0.500. The van der Waals surface area contributed by atoms with Crippen molar-refractivity contribution in [3.63, 3.8) is 0 Å². The third kappa shape index (κ3) is 1.95. The minimum Gasteiger partial charge on any atom is -0.310 e. The second kappa shape index (κ2) is 3.73. The quantitative estimate of drug-likeness (QED) is 0.780. The molecule has 0 bridgehead atoms. The molecule has 3 aliphatic rings. The largest absolute Gasteiger partial charge is 0.310 e. The zero-order chi connectivity index (χ0) is 12.3. The highest BCUT2D eigenvalue weighted by Gasteiger charge is 2.64. The molecule has 3 aliphatic carbocycles. The van der Waals surface area contributed by atoms with Crippen molar-refractivity contribution in [2.45, 2.75) is 78.3 Å². The van der Waals surface area contributed by atoms with E-state index in [1.807, 2.05) is 0 Å². The van der Waals surface area contributed by atoms with Gasteiger partial charge in [0.05, 0.1) is 0 Å². The summed E-state index contributed by atoms with van der Waals surface area (Å²) in [6.07, 6.45) is 8.92. The van der Waals surface area contributed by atoms with Crippen LogP contribution >= 0.6 is 0 Å². The summed E-state index contributed by atoms with van der Waals surface area (Å²) in [4.78, 5) is 0. The van der Waals surface area contributed by atoms with Crippen LogP contribution in [-0.2, 0) is 0 Å². The first-order chi connectivity index (χ1) is 7.93. The summed E-state index contributed by atoms with van der Waals surface area (Å²) in [6.45, 7) is 9.69. The molecule has 1 nitrogen and oxygen atoms in total. The van der Waals surface area contributed by atoms with Gasteiger partial charge in [0.25, 0.3) is 0 Å². The molecule has 0 aliphatic heterocycles. The fourth-order valence-electron chi connectivity index (χ4n) is 4.22. The van der Waals surface area contributed by atoms with Crippen LogP contribution in [0, 0.1) is 22.7 Å². The van der Waals surface area contributed by atoms with Gasteiger partial charge in [-0.3, -0.25) is 0 Å². The Labute approximate surface area is 107 Å². The van der Waals surface area contributed by atoms with Crippen molar-refractivity contribution in [3.8, 4) is 0 Å². The first-order valence-electron chi connectivity index (χ1n) is 7.69. The van der Waals surface area contributed by atoms with Crippen molar-refractivity contribution in [2.75, 3.05) is 0 Å². The second-order valence-electron chi connectivity index (χ2n) is 8.00. The second-order valence-corrected chi connectivity index (χ2v) is 8.00. The third-order valence-corrected chi connectivity index (χ3v) is 6.43. The lowest BCUT2D eigenvalue weighted by atomic mass is 9.82. The molecule has 0 aromatic rings. The molecule has 1 heteroatoms. The van der Waals surface area contributed by atoms with E-state index in [-0.39, 0.29) is 0 Å². The van der Waals surface area contributed by atoms with Crippen LogP contribution in [-0.4, -0.2) is 12.1 Å². The van der Waals surface area contributed by atoms with Gasteiger partial charge < -0.3 is 5.32 Å². The van der Waals surface area contributed by atoms with Gasteiger partial charge in [-0.2, -0.15) is 0 Å². The lowest BCUT2D eigenvalue weighted by molar-refractivity contribution is 0.252. The van der Waals surface area contributed by atoms with E-state index < -0.39 is 0 Å². The van der Waals surface area contributed by atoms with Gasteiger partial charge in [0.1, 0.15) is 0 Å². The maximum absolute atomic E-state index is 3.99. The highest BCUT2D eigenvalue weighted by molar-refractivity contribution is 5.18. The van der Waals surface area contributed by atoms with Crippen molar-refractivity contribution in [1.29, 1.82) is 0 Å². The van der Waals surface area contributed by atoms with E-state index in [0.717, 1.165) is 23.9 Å². The predicted octanol–water partition coefficient (Wildman–Crippen LogP) is 3.98. The lowest BCUT2D eigenvalue weighted by Gasteiger charge is -2.30. The molecule has 3 fully saturated rings. The molecule has 0 amide bonds. The highest BCUT2D eigenvalue weighted by Crippen LogP contribution is 2.63. The molecule has 3 saturated carbocycles. The average molecular weight is 235 g/mol. The van der Waals surface area contributed by atoms with Crippen LogP contribution in [0.1, 0.15) is 66.2 Å². The molecule has 0 aromatic heterocycles. The van der Waals surface area contributed by atoms with Gasteiger partial charge in [-0.25, -0.2) is 0 Å². The van der Waals surface area contributed by atoms with Crippen molar-refractivity contribution >= 4 is 0 Å². The van der Waals surface area contributed by atoms with Gasteiger partial charge in [-0.05, 0) is 48.3 Å². The zero-order valence-electron chi connectivity index (χ0n) is 12.1. The van der Waals surface area contributed by atoms with E-state index >= 15 is 0 Å². The zero-order valence-corrected chi connectivity index (χ0v) is 12.1. The van der Waals surface area contributed by atoms with Crippen molar-refractivity contribution in [2.24, 2.45) is 22.7 Å². The summed E-state index contributed by atoms with van der Waals surface area (Å²) < 4.78 is 0. The summed E-state index contributed by atoms with van der Waals surface area (Å²) in [7, 11) is 0. The molecule has 17 heavy (non-hydrogen) atoms. The first-order valence-corrected chi connectivity index (χ1v) is 7.69. The van der Waals surface area contributed by atoms with Crippen LogP contribution in [0.15, 0.2) is 0 Å². The Morgan fingerprint density at radius 1 is 0.824 bits per heavy atom. The molecule has 98 valence electrons. The number of hydrogen-bond donors (Lipinski definition) is 1. The van der Waals surface area contributed by atoms with Crippen molar-refractivity contribution < 1.29 is 0 Å². The van der Waals surface area contributed by atoms with E-state index in [4.69, 9.17) is 0 Å². The number of hydrogen-bond acceptors (Lipinski definition) is 1. The lowest BCUT2D eigenvalue weighted by Crippen LogP contribution is -2.38. The van der Waals surface area contributed by atoms with E-state index in [9.17, 15) is 0 Å². The van der Waals surface area contributed by atoms with Gasteiger partial charge >= 0.3 is 0 Å². The van der Waals surface area contributed by atoms with E-state index in [2.05, 4.69) is 33.0 Å². The third-order valence-electron chi connectivity index (χ3n) is 6.43. The van der Waals surface area contributed by atoms with Gasteiger partial charge in [-0.15, -0.1) is 0 Å². The van der Waals surface area contributed by atoms with Crippen LogP contribution < -0.4 is 5.32 Å². The maximum Gasteiger partial charge on any atom is 0.0183 e. The van der Waals surface area contributed by atoms with Crippen molar-refractivity contribution in [3.05, 3.63) is 0 Å². The van der Waals surface area contributed by atoms with Crippen LogP contribution in [0.4, 0.5) is 0 Å². The molecule has 2 atom stereocenters. The molecule has 0 aromatic carbocycles. The summed E-state index contributed by atoms with van der Waals surface area (Å²) in [5.41, 5.74) is 0.999. The molecule has 3 rings (SSSR count). The number of rotatable bonds is 3. The smallest absolute Gasteiger partial charge is 0.0183 e. The summed E-state index contributed by atoms with van der Waals surface area (Å²) >= 11 is 0. The first kappa shape index (κ1) is 12.0. The van der Waals surface area contributed by atoms with Gasteiger partial charge in [-0.1, -0.05) is 40.5 Å². The van der Waals surface area contributed by atoms with Gasteiger partial charge in [0, 0.05) is 12.1 Å². The molecule has 0 heterocycles. The Morgan fingerprint density at radius 2 is 1.47 bits per heavy atom. The molecule has 0 saturated heterocycles. The topological polar surface area (TPSA) is 12.0 Å².